The Hall–Kier alpha value is -2.02. The van der Waals surface area contributed by atoms with Gasteiger partial charge in [-0.15, -0.1) is 10.2 Å². The summed E-state index contributed by atoms with van der Waals surface area (Å²) in [7, 11) is 1.64. The van der Waals surface area contributed by atoms with Gasteiger partial charge in [-0.3, -0.25) is 4.79 Å². The molecule has 0 aliphatic heterocycles. The molecule has 0 radical (unpaired) electrons. The average molecular weight is 348 g/mol. The zero-order chi connectivity index (χ0) is 17.5. The maximum absolute atomic E-state index is 11.9. The summed E-state index contributed by atoms with van der Waals surface area (Å²) in [6.07, 6.45) is 0.920. The lowest BCUT2D eigenvalue weighted by Crippen LogP contribution is -2.33. The van der Waals surface area contributed by atoms with E-state index in [2.05, 4.69) is 15.5 Å². The van der Waals surface area contributed by atoms with E-state index in [1.807, 2.05) is 49.6 Å². The number of thioether (sulfide) groups is 1. The number of benzene rings is 1. The molecule has 7 heteroatoms. The van der Waals surface area contributed by atoms with Gasteiger partial charge in [-0.05, 0) is 44.5 Å². The van der Waals surface area contributed by atoms with E-state index in [9.17, 15) is 4.79 Å². The second-order valence-electron chi connectivity index (χ2n) is 5.44. The Balaban J connectivity index is 2.09. The molecular weight excluding hydrogens is 324 g/mol. The quantitative estimate of drug-likeness (QED) is 0.743. The third kappa shape index (κ3) is 4.50. The lowest BCUT2D eigenvalue weighted by molar-refractivity contribution is -0.119. The summed E-state index contributed by atoms with van der Waals surface area (Å²) in [6, 6.07) is 7.90. The van der Waals surface area contributed by atoms with Crippen LogP contribution in [0.15, 0.2) is 29.4 Å². The molecule has 1 atom stereocenters. The van der Waals surface area contributed by atoms with Crippen molar-refractivity contribution in [1.82, 2.24) is 20.1 Å². The lowest BCUT2D eigenvalue weighted by Gasteiger charge is -2.11. The van der Waals surface area contributed by atoms with E-state index in [0.29, 0.717) is 5.75 Å². The zero-order valence-corrected chi connectivity index (χ0v) is 15.4. The number of hydrogen-bond donors (Lipinski definition) is 1. The number of hydrogen-bond acceptors (Lipinski definition) is 5. The van der Waals surface area contributed by atoms with Crippen molar-refractivity contribution in [3.63, 3.8) is 0 Å². The highest BCUT2D eigenvalue weighted by Gasteiger charge is 2.15. The number of rotatable bonds is 8. The van der Waals surface area contributed by atoms with Crippen molar-refractivity contribution in [2.75, 3.05) is 12.9 Å². The summed E-state index contributed by atoms with van der Waals surface area (Å²) >= 11 is 1.41. The minimum Gasteiger partial charge on any atom is -0.497 e. The topological polar surface area (TPSA) is 69.0 Å². The van der Waals surface area contributed by atoms with Gasteiger partial charge >= 0.3 is 0 Å². The van der Waals surface area contributed by atoms with Gasteiger partial charge in [0, 0.05) is 18.2 Å². The molecule has 2 aromatic rings. The van der Waals surface area contributed by atoms with Crippen LogP contribution in [0.4, 0.5) is 0 Å². The van der Waals surface area contributed by atoms with Crippen molar-refractivity contribution in [2.24, 2.45) is 0 Å². The van der Waals surface area contributed by atoms with Crippen molar-refractivity contribution in [3.8, 4) is 17.1 Å². The second-order valence-corrected chi connectivity index (χ2v) is 6.39. The molecule has 1 amide bonds. The van der Waals surface area contributed by atoms with Crippen LogP contribution in [0.5, 0.6) is 5.75 Å². The number of methoxy groups -OCH3 is 1. The van der Waals surface area contributed by atoms with Crippen molar-refractivity contribution in [2.45, 2.75) is 44.9 Å². The highest BCUT2D eigenvalue weighted by atomic mass is 32.2. The van der Waals surface area contributed by atoms with Gasteiger partial charge in [-0.2, -0.15) is 0 Å². The van der Waals surface area contributed by atoms with Crippen LogP contribution in [0.2, 0.25) is 0 Å². The number of nitrogens with zero attached hydrogens (tertiary/aromatic N) is 3. The SMILES string of the molecule is CC[C@@H](C)NC(=O)CSc1nnc(-c2ccc(OC)cc2)n1CC. The number of aromatic nitrogens is 3. The van der Waals surface area contributed by atoms with Crippen molar-refractivity contribution < 1.29 is 9.53 Å². The van der Waals surface area contributed by atoms with Gasteiger partial charge < -0.3 is 14.6 Å². The Morgan fingerprint density at radius 3 is 2.58 bits per heavy atom. The molecule has 2 rings (SSSR count). The minimum absolute atomic E-state index is 0.0194. The predicted octanol–water partition coefficient (Wildman–Crippen LogP) is 2.98. The van der Waals surface area contributed by atoms with Crippen LogP contribution in [-0.4, -0.2) is 39.6 Å². The fourth-order valence-electron chi connectivity index (χ4n) is 2.18. The van der Waals surface area contributed by atoms with E-state index < -0.39 is 0 Å². The fraction of sp³-hybridized carbons (Fsp3) is 0.471. The predicted molar refractivity (Wildman–Crippen MR) is 96.3 cm³/mol. The van der Waals surface area contributed by atoms with Gasteiger partial charge in [0.15, 0.2) is 11.0 Å². The Morgan fingerprint density at radius 1 is 1.29 bits per heavy atom. The smallest absolute Gasteiger partial charge is 0.230 e. The van der Waals surface area contributed by atoms with Gasteiger partial charge in [-0.25, -0.2) is 0 Å². The second kappa shape index (κ2) is 8.73. The molecule has 1 aromatic heterocycles. The molecule has 0 unspecified atom stereocenters. The number of carbonyl (C=O) groups is 1. The van der Waals surface area contributed by atoms with Gasteiger partial charge in [0.05, 0.1) is 12.9 Å². The standard InChI is InChI=1S/C17H24N4O2S/c1-5-12(3)18-15(22)11-24-17-20-19-16(21(17)6-2)13-7-9-14(23-4)10-8-13/h7-10,12H,5-6,11H2,1-4H3,(H,18,22)/t12-/m1/s1. The van der Waals surface area contributed by atoms with E-state index in [4.69, 9.17) is 4.74 Å². The molecule has 130 valence electrons. The molecule has 1 N–H and O–H groups in total. The Bertz CT molecular complexity index is 670. The summed E-state index contributed by atoms with van der Waals surface area (Å²) in [6.45, 7) is 6.83. The first-order valence-corrected chi connectivity index (χ1v) is 9.07. The molecule has 0 spiro atoms. The molecule has 0 bridgehead atoms. The molecule has 1 heterocycles. The van der Waals surface area contributed by atoms with E-state index in [-0.39, 0.29) is 11.9 Å². The molecule has 0 aliphatic carbocycles. The molecule has 0 aliphatic rings. The van der Waals surface area contributed by atoms with Crippen molar-refractivity contribution in [3.05, 3.63) is 24.3 Å². The maximum atomic E-state index is 11.9. The fourth-order valence-corrected chi connectivity index (χ4v) is 3.00. The molecule has 24 heavy (non-hydrogen) atoms. The third-order valence-electron chi connectivity index (χ3n) is 3.73. The van der Waals surface area contributed by atoms with Crippen LogP contribution in [0.3, 0.4) is 0 Å². The van der Waals surface area contributed by atoms with Gasteiger partial charge in [-0.1, -0.05) is 18.7 Å². The Kier molecular flexibility index (Phi) is 6.66. The maximum Gasteiger partial charge on any atom is 0.230 e. The summed E-state index contributed by atoms with van der Waals surface area (Å²) in [5.74, 6) is 1.96. The first-order chi connectivity index (χ1) is 11.6. The summed E-state index contributed by atoms with van der Waals surface area (Å²) in [4.78, 5) is 11.9. The lowest BCUT2D eigenvalue weighted by atomic mass is 10.2. The first-order valence-electron chi connectivity index (χ1n) is 8.08. The number of amides is 1. The Labute approximate surface area is 147 Å². The average Bonchev–Trinajstić information content (AvgIpc) is 3.02. The molecule has 1 aromatic carbocycles. The van der Waals surface area contributed by atoms with Crippen LogP contribution < -0.4 is 10.1 Å². The van der Waals surface area contributed by atoms with E-state index >= 15 is 0 Å². The monoisotopic (exact) mass is 348 g/mol. The number of ether oxygens (including phenoxy) is 1. The first kappa shape index (κ1) is 18.3. The van der Waals surface area contributed by atoms with Crippen LogP contribution >= 0.6 is 11.8 Å². The normalized spacial score (nSPS) is 12.0. The highest BCUT2D eigenvalue weighted by molar-refractivity contribution is 7.99. The van der Waals surface area contributed by atoms with Gasteiger partial charge in [0.25, 0.3) is 0 Å². The summed E-state index contributed by atoms with van der Waals surface area (Å²) in [5.41, 5.74) is 0.973. The van der Waals surface area contributed by atoms with Gasteiger partial charge in [0.2, 0.25) is 5.91 Å². The molecular formula is C17H24N4O2S. The third-order valence-corrected chi connectivity index (χ3v) is 4.70. The number of nitrogens with one attached hydrogen (secondary N) is 1. The zero-order valence-electron chi connectivity index (χ0n) is 14.6. The largest absolute Gasteiger partial charge is 0.497 e. The molecule has 0 saturated carbocycles. The summed E-state index contributed by atoms with van der Waals surface area (Å²) in [5, 5.41) is 12.2. The Morgan fingerprint density at radius 2 is 2.00 bits per heavy atom. The van der Waals surface area contributed by atoms with E-state index in [1.54, 1.807) is 7.11 Å². The van der Waals surface area contributed by atoms with E-state index in [0.717, 1.165) is 35.3 Å². The molecule has 6 nitrogen and oxygen atoms in total. The van der Waals surface area contributed by atoms with Crippen LogP contribution in [0, 0.1) is 0 Å². The summed E-state index contributed by atoms with van der Waals surface area (Å²) < 4.78 is 7.20. The van der Waals surface area contributed by atoms with Crippen molar-refractivity contribution >= 4 is 17.7 Å². The van der Waals surface area contributed by atoms with Gasteiger partial charge in [0.1, 0.15) is 5.75 Å². The van der Waals surface area contributed by atoms with Crippen LogP contribution in [0.25, 0.3) is 11.4 Å². The molecule has 0 saturated heterocycles. The van der Waals surface area contributed by atoms with E-state index in [1.165, 1.54) is 11.8 Å². The number of carbonyl (C=O) groups excluding carboxylic acids is 1. The highest BCUT2D eigenvalue weighted by Crippen LogP contribution is 2.25. The van der Waals surface area contributed by atoms with Crippen molar-refractivity contribution in [1.29, 1.82) is 0 Å². The van der Waals surface area contributed by atoms with Crippen LogP contribution in [0.1, 0.15) is 27.2 Å². The molecule has 0 fully saturated rings. The minimum atomic E-state index is 0.0194. The van der Waals surface area contributed by atoms with Crippen LogP contribution in [-0.2, 0) is 11.3 Å².